The number of carbonyl (C=O) groups is 1. The number of hydrogen-bond acceptors (Lipinski definition) is 3. The fraction of sp³-hybridized carbons (Fsp3) is 0.600. The summed E-state index contributed by atoms with van der Waals surface area (Å²) in [5.74, 6) is 0.292. The highest BCUT2D eigenvalue weighted by atomic mass is 16.1. The first-order valence-corrected chi connectivity index (χ1v) is 6.75. The lowest BCUT2D eigenvalue weighted by molar-refractivity contribution is -0.129. The number of rotatable bonds is 7. The number of nitrogens with zero attached hydrogens (tertiary/aromatic N) is 2. The summed E-state index contributed by atoms with van der Waals surface area (Å²) < 4.78 is 0. The van der Waals surface area contributed by atoms with Gasteiger partial charge in [-0.2, -0.15) is 0 Å². The van der Waals surface area contributed by atoms with Crippen LogP contribution in [0.3, 0.4) is 0 Å². The van der Waals surface area contributed by atoms with E-state index in [0.29, 0.717) is 12.2 Å². The molecule has 3 nitrogen and oxygen atoms in total. The summed E-state index contributed by atoms with van der Waals surface area (Å²) in [6.07, 6.45) is 4.81. The third kappa shape index (κ3) is 3.16. The molecule has 0 spiro atoms. The van der Waals surface area contributed by atoms with E-state index < -0.39 is 0 Å². The van der Waals surface area contributed by atoms with Crippen LogP contribution in [0, 0.1) is 0 Å². The first kappa shape index (κ1) is 14.8. The van der Waals surface area contributed by atoms with Gasteiger partial charge in [-0.15, -0.1) is 0 Å². The second kappa shape index (κ2) is 6.64. The minimum atomic E-state index is -0.354. The molecule has 1 unspecified atom stereocenters. The Labute approximate surface area is 110 Å². The van der Waals surface area contributed by atoms with Gasteiger partial charge in [-0.25, -0.2) is 0 Å². The summed E-state index contributed by atoms with van der Waals surface area (Å²) in [5, 5.41) is 0. The molecule has 100 valence electrons. The quantitative estimate of drug-likeness (QED) is 0.744. The average molecular weight is 248 g/mol. The highest BCUT2D eigenvalue weighted by Gasteiger charge is 2.35. The highest BCUT2D eigenvalue weighted by molar-refractivity contribution is 5.89. The zero-order valence-corrected chi connectivity index (χ0v) is 11.9. The first-order chi connectivity index (χ1) is 8.58. The summed E-state index contributed by atoms with van der Waals surface area (Å²) in [7, 11) is 0. The second-order valence-corrected chi connectivity index (χ2v) is 4.76. The zero-order valence-electron chi connectivity index (χ0n) is 11.9. The Morgan fingerprint density at radius 2 is 1.78 bits per heavy atom. The van der Waals surface area contributed by atoms with E-state index in [1.165, 1.54) is 0 Å². The van der Waals surface area contributed by atoms with Crippen LogP contribution in [0.1, 0.15) is 39.7 Å². The summed E-state index contributed by atoms with van der Waals surface area (Å²) in [6, 6.07) is 3.83. The van der Waals surface area contributed by atoms with Crippen molar-refractivity contribution in [2.24, 2.45) is 0 Å². The van der Waals surface area contributed by atoms with Gasteiger partial charge in [0.25, 0.3) is 0 Å². The summed E-state index contributed by atoms with van der Waals surface area (Å²) in [5.41, 5.74) is 0.689. The van der Waals surface area contributed by atoms with Crippen molar-refractivity contribution in [2.45, 2.75) is 46.1 Å². The molecular formula is C15H24N2O. The Bertz CT molecular complexity index is 373. The Morgan fingerprint density at radius 1 is 1.22 bits per heavy atom. The summed E-state index contributed by atoms with van der Waals surface area (Å²) in [6.45, 7) is 10.2. The van der Waals surface area contributed by atoms with Crippen molar-refractivity contribution < 1.29 is 4.79 Å². The number of Topliss-reactive ketones (excluding diaryl/α,β-unsaturated/α-hetero) is 1. The third-order valence-electron chi connectivity index (χ3n) is 3.86. The lowest BCUT2D eigenvalue weighted by Crippen LogP contribution is -2.52. The normalized spacial score (nSPS) is 14.5. The van der Waals surface area contributed by atoms with Gasteiger partial charge in [0.2, 0.25) is 0 Å². The third-order valence-corrected chi connectivity index (χ3v) is 3.86. The fourth-order valence-electron chi connectivity index (χ4n) is 2.40. The molecule has 0 saturated heterocycles. The van der Waals surface area contributed by atoms with Crippen molar-refractivity contribution in [3.8, 4) is 0 Å². The van der Waals surface area contributed by atoms with Gasteiger partial charge in [-0.05, 0) is 44.1 Å². The number of hydrogen-bond donors (Lipinski definition) is 0. The van der Waals surface area contributed by atoms with Crippen LogP contribution in [0.5, 0.6) is 0 Å². The molecule has 3 heteroatoms. The molecule has 18 heavy (non-hydrogen) atoms. The van der Waals surface area contributed by atoms with Crippen molar-refractivity contribution >= 4 is 5.78 Å². The Kier molecular flexibility index (Phi) is 5.48. The van der Waals surface area contributed by atoms with Gasteiger partial charge in [0, 0.05) is 18.8 Å². The molecule has 0 N–H and O–H groups in total. The Morgan fingerprint density at radius 3 is 2.22 bits per heavy atom. The number of likely N-dealkylation sites (N-methyl/N-ethyl adjacent to an activating group) is 1. The van der Waals surface area contributed by atoms with E-state index in [0.717, 1.165) is 25.1 Å². The number of aromatic nitrogens is 1. The van der Waals surface area contributed by atoms with Crippen LogP contribution >= 0.6 is 0 Å². The number of pyridine rings is 1. The van der Waals surface area contributed by atoms with Crippen molar-refractivity contribution in [3.05, 3.63) is 30.1 Å². The van der Waals surface area contributed by atoms with Gasteiger partial charge in [0.1, 0.15) is 0 Å². The molecule has 0 bridgehead atoms. The van der Waals surface area contributed by atoms with E-state index in [9.17, 15) is 4.79 Å². The molecule has 1 heterocycles. The minimum Gasteiger partial charge on any atom is -0.297 e. The standard InChI is InChI=1S/C15H24N2O/c1-5-15(4,17(6-2)7-3)14(18)12-13-8-10-16-11-9-13/h8-11H,5-7,12H2,1-4H3. The van der Waals surface area contributed by atoms with E-state index in [1.54, 1.807) is 12.4 Å². The van der Waals surface area contributed by atoms with Gasteiger partial charge in [-0.1, -0.05) is 20.8 Å². The van der Waals surface area contributed by atoms with Crippen LogP contribution in [-0.2, 0) is 11.2 Å². The molecule has 0 fully saturated rings. The van der Waals surface area contributed by atoms with Gasteiger partial charge < -0.3 is 0 Å². The maximum Gasteiger partial charge on any atom is 0.157 e. The molecule has 0 radical (unpaired) electrons. The molecule has 0 amide bonds. The molecule has 1 atom stereocenters. The predicted octanol–water partition coefficient (Wildman–Crippen LogP) is 2.70. The summed E-state index contributed by atoms with van der Waals surface area (Å²) in [4.78, 5) is 18.8. The maximum absolute atomic E-state index is 12.6. The smallest absolute Gasteiger partial charge is 0.157 e. The van der Waals surface area contributed by atoms with E-state index in [-0.39, 0.29) is 5.54 Å². The molecule has 0 saturated carbocycles. The lowest BCUT2D eigenvalue weighted by Gasteiger charge is -2.38. The summed E-state index contributed by atoms with van der Waals surface area (Å²) >= 11 is 0. The van der Waals surface area contributed by atoms with Crippen molar-refractivity contribution in [2.75, 3.05) is 13.1 Å². The second-order valence-electron chi connectivity index (χ2n) is 4.76. The first-order valence-electron chi connectivity index (χ1n) is 6.75. The average Bonchev–Trinajstić information content (AvgIpc) is 2.40. The molecule has 1 aromatic rings. The highest BCUT2D eigenvalue weighted by Crippen LogP contribution is 2.22. The van der Waals surface area contributed by atoms with Crippen LogP contribution < -0.4 is 0 Å². The molecule has 0 aliphatic heterocycles. The molecule has 0 aliphatic rings. The maximum atomic E-state index is 12.6. The Hall–Kier alpha value is -1.22. The van der Waals surface area contributed by atoms with Gasteiger partial charge in [-0.3, -0.25) is 14.7 Å². The van der Waals surface area contributed by atoms with Crippen LogP contribution in [-0.4, -0.2) is 34.3 Å². The molecule has 0 aliphatic carbocycles. The van der Waals surface area contributed by atoms with Gasteiger partial charge in [0.05, 0.1) is 5.54 Å². The van der Waals surface area contributed by atoms with E-state index >= 15 is 0 Å². The SMILES string of the molecule is CCN(CC)C(C)(CC)C(=O)Cc1ccncc1. The molecule has 1 rings (SSSR count). The van der Waals surface area contributed by atoms with Crippen molar-refractivity contribution in [1.82, 2.24) is 9.88 Å². The number of carbonyl (C=O) groups excluding carboxylic acids is 1. The lowest BCUT2D eigenvalue weighted by atomic mass is 9.87. The van der Waals surface area contributed by atoms with Gasteiger partial charge >= 0.3 is 0 Å². The number of ketones is 1. The van der Waals surface area contributed by atoms with Crippen LogP contribution in [0.2, 0.25) is 0 Å². The van der Waals surface area contributed by atoms with E-state index in [1.807, 2.05) is 12.1 Å². The molecule has 0 aromatic carbocycles. The van der Waals surface area contributed by atoms with E-state index in [4.69, 9.17) is 0 Å². The fourth-order valence-corrected chi connectivity index (χ4v) is 2.40. The predicted molar refractivity (Wildman–Crippen MR) is 74.6 cm³/mol. The van der Waals surface area contributed by atoms with Crippen LogP contribution in [0.4, 0.5) is 0 Å². The van der Waals surface area contributed by atoms with Gasteiger partial charge in [0.15, 0.2) is 5.78 Å². The van der Waals surface area contributed by atoms with E-state index in [2.05, 4.69) is 37.6 Å². The van der Waals surface area contributed by atoms with Crippen molar-refractivity contribution in [3.63, 3.8) is 0 Å². The molecule has 1 aromatic heterocycles. The Balaban J connectivity index is 2.85. The monoisotopic (exact) mass is 248 g/mol. The topological polar surface area (TPSA) is 33.2 Å². The largest absolute Gasteiger partial charge is 0.297 e. The molecular weight excluding hydrogens is 224 g/mol. The minimum absolute atomic E-state index is 0.292. The van der Waals surface area contributed by atoms with Crippen LogP contribution in [0.25, 0.3) is 0 Å². The van der Waals surface area contributed by atoms with Crippen molar-refractivity contribution in [1.29, 1.82) is 0 Å². The van der Waals surface area contributed by atoms with Crippen LogP contribution in [0.15, 0.2) is 24.5 Å². The zero-order chi connectivity index (χ0) is 13.6.